The Balaban J connectivity index is 1.86. The van der Waals surface area contributed by atoms with Crippen LogP contribution in [0.5, 0.6) is 0 Å². The van der Waals surface area contributed by atoms with Crippen LogP contribution in [-0.2, 0) is 12.8 Å². The van der Waals surface area contributed by atoms with Gasteiger partial charge in [-0.1, -0.05) is 12.1 Å². The van der Waals surface area contributed by atoms with Gasteiger partial charge < -0.3 is 5.11 Å². The second-order valence-electron chi connectivity index (χ2n) is 5.58. The molecule has 0 spiro atoms. The van der Waals surface area contributed by atoms with Crippen molar-refractivity contribution in [2.45, 2.75) is 25.7 Å². The summed E-state index contributed by atoms with van der Waals surface area (Å²) in [5.41, 5.74) is 3.17. The lowest BCUT2D eigenvalue weighted by molar-refractivity contribution is 0.512. The maximum atomic E-state index is 10.7. The SMILES string of the molecule is N#CC(=C(O)c1csc2c1CCCC2)c1nc2ccccc2s1. The number of para-hydroxylation sites is 1. The predicted molar refractivity (Wildman–Crippen MR) is 95.6 cm³/mol. The summed E-state index contributed by atoms with van der Waals surface area (Å²) in [7, 11) is 0. The van der Waals surface area contributed by atoms with Crippen molar-refractivity contribution >= 4 is 44.2 Å². The van der Waals surface area contributed by atoms with E-state index in [2.05, 4.69) is 11.1 Å². The molecule has 23 heavy (non-hydrogen) atoms. The molecular formula is C18H14N2OS2. The van der Waals surface area contributed by atoms with Crippen molar-refractivity contribution < 1.29 is 5.11 Å². The van der Waals surface area contributed by atoms with Crippen LogP contribution in [0.15, 0.2) is 29.6 Å². The average Bonchev–Trinajstić information content (AvgIpc) is 3.19. The van der Waals surface area contributed by atoms with Crippen molar-refractivity contribution in [1.29, 1.82) is 5.26 Å². The minimum atomic E-state index is 0.0750. The van der Waals surface area contributed by atoms with Crippen LogP contribution in [0.25, 0.3) is 21.5 Å². The summed E-state index contributed by atoms with van der Waals surface area (Å²) in [6, 6.07) is 9.94. The lowest BCUT2D eigenvalue weighted by Gasteiger charge is -2.12. The van der Waals surface area contributed by atoms with Crippen molar-refractivity contribution in [2.75, 3.05) is 0 Å². The molecule has 5 heteroatoms. The van der Waals surface area contributed by atoms with Crippen molar-refractivity contribution in [3.63, 3.8) is 0 Å². The van der Waals surface area contributed by atoms with E-state index in [9.17, 15) is 10.4 Å². The molecule has 0 unspecified atom stereocenters. The Morgan fingerprint density at radius 1 is 1.22 bits per heavy atom. The van der Waals surface area contributed by atoms with Gasteiger partial charge in [0.05, 0.1) is 10.2 Å². The minimum Gasteiger partial charge on any atom is -0.506 e. The molecule has 0 saturated heterocycles. The third-order valence-electron chi connectivity index (χ3n) is 4.17. The zero-order valence-electron chi connectivity index (χ0n) is 12.4. The number of nitriles is 1. The Labute approximate surface area is 142 Å². The first-order chi connectivity index (χ1) is 11.3. The fraction of sp³-hybridized carbons (Fsp3) is 0.222. The van der Waals surface area contributed by atoms with Crippen LogP contribution in [-0.4, -0.2) is 10.1 Å². The van der Waals surface area contributed by atoms with Gasteiger partial charge in [-0.2, -0.15) is 5.26 Å². The van der Waals surface area contributed by atoms with E-state index >= 15 is 0 Å². The molecule has 1 N–H and O–H groups in total. The highest BCUT2D eigenvalue weighted by Crippen LogP contribution is 2.37. The summed E-state index contributed by atoms with van der Waals surface area (Å²) in [4.78, 5) is 5.86. The Morgan fingerprint density at radius 3 is 2.87 bits per heavy atom. The first kappa shape index (κ1) is 14.4. The smallest absolute Gasteiger partial charge is 0.144 e. The zero-order chi connectivity index (χ0) is 15.8. The fourth-order valence-corrected chi connectivity index (χ4v) is 5.10. The number of benzene rings is 1. The van der Waals surface area contributed by atoms with E-state index in [1.54, 1.807) is 11.3 Å². The number of thiazole rings is 1. The normalized spacial score (nSPS) is 15.1. The van der Waals surface area contributed by atoms with Gasteiger partial charge in [0.15, 0.2) is 0 Å². The Hall–Kier alpha value is -2.16. The third-order valence-corrected chi connectivity index (χ3v) is 6.32. The van der Waals surface area contributed by atoms with Crippen molar-refractivity contribution in [1.82, 2.24) is 4.98 Å². The molecule has 0 fully saturated rings. The highest BCUT2D eigenvalue weighted by molar-refractivity contribution is 7.19. The average molecular weight is 338 g/mol. The summed E-state index contributed by atoms with van der Waals surface area (Å²) in [6.07, 6.45) is 4.42. The number of nitrogens with zero attached hydrogens (tertiary/aromatic N) is 2. The van der Waals surface area contributed by atoms with Crippen molar-refractivity contribution in [3.8, 4) is 6.07 Å². The molecular weight excluding hydrogens is 324 g/mol. The Bertz CT molecular complexity index is 926. The molecule has 0 radical (unpaired) electrons. The summed E-state index contributed by atoms with van der Waals surface area (Å²) in [6.45, 7) is 0. The molecule has 1 aromatic carbocycles. The van der Waals surface area contributed by atoms with Gasteiger partial charge in [-0.15, -0.1) is 22.7 Å². The van der Waals surface area contributed by atoms with Crippen LogP contribution in [0.2, 0.25) is 0 Å². The standard InChI is InChI=1S/C18H14N2OS2/c19-9-12(18-20-14-6-2-4-8-16(14)23-18)17(21)13-10-22-15-7-3-1-5-11(13)15/h2,4,6,8,10,21H,1,3,5,7H2. The number of aryl methyl sites for hydroxylation is 1. The van der Waals surface area contributed by atoms with Crippen LogP contribution in [0.4, 0.5) is 0 Å². The minimum absolute atomic E-state index is 0.0750. The predicted octanol–water partition coefficient (Wildman–Crippen LogP) is 5.19. The van der Waals surface area contributed by atoms with Gasteiger partial charge in [0.25, 0.3) is 0 Å². The number of hydrogen-bond donors (Lipinski definition) is 1. The molecule has 0 saturated carbocycles. The van der Waals surface area contributed by atoms with E-state index in [0.717, 1.165) is 35.0 Å². The summed E-state index contributed by atoms with van der Waals surface area (Å²) >= 11 is 3.13. The number of fused-ring (bicyclic) bond motifs is 2. The van der Waals surface area contributed by atoms with Crippen LogP contribution in [0.3, 0.4) is 0 Å². The molecule has 0 amide bonds. The maximum Gasteiger partial charge on any atom is 0.144 e. The van der Waals surface area contributed by atoms with Crippen LogP contribution in [0, 0.1) is 11.3 Å². The third kappa shape index (κ3) is 2.44. The van der Waals surface area contributed by atoms with Crippen molar-refractivity contribution in [2.24, 2.45) is 0 Å². The number of aliphatic hydroxyl groups is 1. The second kappa shape index (κ2) is 5.80. The first-order valence-electron chi connectivity index (χ1n) is 7.57. The summed E-state index contributed by atoms with van der Waals surface area (Å²) in [5, 5.41) is 22.9. The number of allylic oxidation sites excluding steroid dienone is 1. The lowest BCUT2D eigenvalue weighted by Crippen LogP contribution is -2.01. The van der Waals surface area contributed by atoms with E-state index in [0.29, 0.717) is 5.01 Å². The quantitative estimate of drug-likeness (QED) is 0.517. The number of aromatic nitrogens is 1. The number of thiophene rings is 1. The highest BCUT2D eigenvalue weighted by atomic mass is 32.1. The van der Waals surface area contributed by atoms with Crippen LogP contribution in [0.1, 0.15) is 33.9 Å². The molecule has 2 heterocycles. The van der Waals surface area contributed by atoms with Gasteiger partial charge in [0, 0.05) is 15.8 Å². The molecule has 0 bridgehead atoms. The van der Waals surface area contributed by atoms with Gasteiger partial charge in [0.1, 0.15) is 22.4 Å². The Kier molecular flexibility index (Phi) is 3.64. The molecule has 1 aliphatic carbocycles. The van der Waals surface area contributed by atoms with Crippen LogP contribution < -0.4 is 0 Å². The molecule has 2 aromatic heterocycles. The summed E-state index contributed by atoms with van der Waals surface area (Å²) < 4.78 is 1.02. The van der Waals surface area contributed by atoms with E-state index in [4.69, 9.17) is 0 Å². The van der Waals surface area contributed by atoms with Gasteiger partial charge in [0.2, 0.25) is 0 Å². The van der Waals surface area contributed by atoms with Gasteiger partial charge >= 0.3 is 0 Å². The molecule has 0 aliphatic heterocycles. The number of hydrogen-bond acceptors (Lipinski definition) is 5. The molecule has 3 nitrogen and oxygen atoms in total. The molecule has 0 atom stereocenters. The molecule has 4 rings (SSSR count). The van der Waals surface area contributed by atoms with Gasteiger partial charge in [-0.05, 0) is 43.4 Å². The highest BCUT2D eigenvalue weighted by Gasteiger charge is 2.22. The van der Waals surface area contributed by atoms with E-state index in [1.807, 2.05) is 29.6 Å². The summed E-state index contributed by atoms with van der Waals surface area (Å²) in [5.74, 6) is 0.0750. The fourth-order valence-electron chi connectivity index (χ4n) is 3.01. The zero-order valence-corrected chi connectivity index (χ0v) is 14.0. The lowest BCUT2D eigenvalue weighted by atomic mass is 9.94. The maximum absolute atomic E-state index is 10.7. The van der Waals surface area contributed by atoms with Gasteiger partial charge in [-0.3, -0.25) is 0 Å². The topological polar surface area (TPSA) is 56.9 Å². The number of rotatable bonds is 2. The monoisotopic (exact) mass is 338 g/mol. The molecule has 3 aromatic rings. The van der Waals surface area contributed by atoms with Crippen LogP contribution >= 0.6 is 22.7 Å². The second-order valence-corrected chi connectivity index (χ2v) is 7.58. The first-order valence-corrected chi connectivity index (χ1v) is 9.26. The van der Waals surface area contributed by atoms with E-state index < -0.39 is 0 Å². The molecule has 1 aliphatic rings. The van der Waals surface area contributed by atoms with Crippen molar-refractivity contribution in [3.05, 3.63) is 50.7 Å². The Morgan fingerprint density at radius 2 is 2.04 bits per heavy atom. The van der Waals surface area contributed by atoms with E-state index in [-0.39, 0.29) is 11.3 Å². The van der Waals surface area contributed by atoms with Gasteiger partial charge in [-0.25, -0.2) is 4.98 Å². The molecule has 114 valence electrons. The largest absolute Gasteiger partial charge is 0.506 e. The van der Waals surface area contributed by atoms with E-state index in [1.165, 1.54) is 28.2 Å². The number of aliphatic hydroxyl groups excluding tert-OH is 1.